The number of aromatic hydroxyl groups is 1. The van der Waals surface area contributed by atoms with Gasteiger partial charge in [0, 0.05) is 23.7 Å². The summed E-state index contributed by atoms with van der Waals surface area (Å²) in [5.74, 6) is 1.88. The first-order valence-corrected chi connectivity index (χ1v) is 12.0. The van der Waals surface area contributed by atoms with E-state index < -0.39 is 5.63 Å². The third-order valence-electron chi connectivity index (χ3n) is 6.35. The van der Waals surface area contributed by atoms with Gasteiger partial charge in [0.25, 0.3) is 0 Å². The van der Waals surface area contributed by atoms with Crippen LogP contribution in [0.15, 0.2) is 49.5 Å². The predicted molar refractivity (Wildman–Crippen MR) is 120 cm³/mol. The van der Waals surface area contributed by atoms with Crippen molar-refractivity contribution in [3.05, 3.63) is 52.1 Å². The van der Waals surface area contributed by atoms with Gasteiger partial charge in [0.2, 0.25) is 0 Å². The molecule has 4 nitrogen and oxygen atoms in total. The number of ether oxygens (including phenoxy) is 1. The summed E-state index contributed by atoms with van der Waals surface area (Å²) in [4.78, 5) is 13.9. The molecule has 1 aliphatic heterocycles. The van der Waals surface area contributed by atoms with Gasteiger partial charge in [0.1, 0.15) is 16.9 Å². The highest BCUT2D eigenvalue weighted by Gasteiger charge is 2.31. The number of hydrogen-bond acceptors (Lipinski definition) is 5. The maximum absolute atomic E-state index is 12.6. The van der Waals surface area contributed by atoms with E-state index in [4.69, 9.17) is 9.15 Å². The van der Waals surface area contributed by atoms with E-state index in [1.165, 1.54) is 42.9 Å². The minimum atomic E-state index is -0.467. The zero-order valence-corrected chi connectivity index (χ0v) is 18.7. The van der Waals surface area contributed by atoms with Crippen molar-refractivity contribution < 1.29 is 14.3 Å². The first kappa shape index (κ1) is 21.5. The number of rotatable bonds is 8. The van der Waals surface area contributed by atoms with E-state index in [1.54, 1.807) is 0 Å². The second-order valence-electron chi connectivity index (χ2n) is 9.15. The lowest BCUT2D eigenvalue weighted by Crippen LogP contribution is -2.20. The Labute approximate surface area is 183 Å². The van der Waals surface area contributed by atoms with Crippen LogP contribution in [0.3, 0.4) is 0 Å². The van der Waals surface area contributed by atoms with E-state index in [-0.39, 0.29) is 11.7 Å². The third kappa shape index (κ3) is 5.12. The maximum Gasteiger partial charge on any atom is 0.353 e. The lowest BCUT2D eigenvalue weighted by molar-refractivity contribution is 0.0481. The van der Waals surface area contributed by atoms with E-state index >= 15 is 0 Å². The molecule has 2 aliphatic rings. The van der Waals surface area contributed by atoms with Crippen molar-refractivity contribution in [2.75, 3.05) is 13.2 Å². The Bertz CT molecular complexity index is 910. The van der Waals surface area contributed by atoms with Crippen LogP contribution in [0.4, 0.5) is 0 Å². The summed E-state index contributed by atoms with van der Waals surface area (Å²) in [6.07, 6.45) is 8.32. The Kier molecular flexibility index (Phi) is 6.89. The van der Waals surface area contributed by atoms with Crippen molar-refractivity contribution in [2.45, 2.75) is 74.0 Å². The summed E-state index contributed by atoms with van der Waals surface area (Å²) in [6.45, 7) is 5.92. The van der Waals surface area contributed by atoms with Crippen molar-refractivity contribution in [1.29, 1.82) is 0 Å². The molecule has 2 fully saturated rings. The summed E-state index contributed by atoms with van der Waals surface area (Å²) >= 11 is 1.33. The summed E-state index contributed by atoms with van der Waals surface area (Å²) in [5.41, 5.74) is 1.49. The molecular formula is C25H32O4S. The van der Waals surface area contributed by atoms with Crippen molar-refractivity contribution in [1.82, 2.24) is 0 Å². The Morgan fingerprint density at radius 1 is 1.10 bits per heavy atom. The van der Waals surface area contributed by atoms with Crippen LogP contribution in [0, 0.1) is 11.8 Å². The van der Waals surface area contributed by atoms with Crippen LogP contribution in [-0.2, 0) is 4.74 Å². The van der Waals surface area contributed by atoms with E-state index in [0.717, 1.165) is 48.9 Å². The van der Waals surface area contributed by atoms with Crippen LogP contribution in [0.25, 0.3) is 0 Å². The molecule has 30 heavy (non-hydrogen) atoms. The molecule has 2 atom stereocenters. The van der Waals surface area contributed by atoms with Gasteiger partial charge in [0.05, 0.1) is 0 Å². The van der Waals surface area contributed by atoms with Crippen LogP contribution in [0.1, 0.15) is 75.3 Å². The average Bonchev–Trinajstić information content (AvgIpc) is 3.56. The Morgan fingerprint density at radius 3 is 2.57 bits per heavy atom. The molecule has 1 N–H and O–H groups in total. The molecule has 162 valence electrons. The normalized spacial score (nSPS) is 20.4. The molecule has 0 radical (unpaired) electrons. The fourth-order valence-electron chi connectivity index (χ4n) is 4.50. The predicted octanol–water partition coefficient (Wildman–Crippen LogP) is 6.32. The fraction of sp³-hybridized carbons (Fsp3) is 0.560. The molecule has 5 heteroatoms. The lowest BCUT2D eigenvalue weighted by Gasteiger charge is -2.27. The SMILES string of the molecule is CC(C)c1ccccc1Sc1c(O)c(C(CC2CC2)CC2CCCOC2)coc1=O. The summed E-state index contributed by atoms with van der Waals surface area (Å²) in [6, 6.07) is 8.06. The zero-order valence-electron chi connectivity index (χ0n) is 17.9. The van der Waals surface area contributed by atoms with E-state index in [9.17, 15) is 9.90 Å². The number of benzene rings is 1. The Balaban J connectivity index is 1.64. The van der Waals surface area contributed by atoms with Crippen LogP contribution >= 0.6 is 11.8 Å². The summed E-state index contributed by atoms with van der Waals surface area (Å²) in [7, 11) is 0. The average molecular weight is 429 g/mol. The van der Waals surface area contributed by atoms with Crippen LogP contribution in [-0.4, -0.2) is 18.3 Å². The van der Waals surface area contributed by atoms with E-state index in [2.05, 4.69) is 19.9 Å². The van der Waals surface area contributed by atoms with Crippen molar-refractivity contribution >= 4 is 11.8 Å². The van der Waals surface area contributed by atoms with Gasteiger partial charge in [0.15, 0.2) is 0 Å². The van der Waals surface area contributed by atoms with E-state index in [1.807, 2.05) is 18.2 Å². The molecule has 1 aromatic heterocycles. The zero-order chi connectivity index (χ0) is 21.1. The Morgan fingerprint density at radius 2 is 1.87 bits per heavy atom. The monoisotopic (exact) mass is 428 g/mol. The molecule has 1 saturated heterocycles. The van der Waals surface area contributed by atoms with Crippen molar-refractivity contribution in [3.8, 4) is 5.75 Å². The molecule has 2 aromatic rings. The molecule has 0 bridgehead atoms. The van der Waals surface area contributed by atoms with Gasteiger partial charge < -0.3 is 14.3 Å². The molecule has 2 unspecified atom stereocenters. The second kappa shape index (κ2) is 9.61. The minimum absolute atomic E-state index is 0.109. The molecule has 2 heterocycles. The van der Waals surface area contributed by atoms with Crippen molar-refractivity contribution in [2.24, 2.45) is 11.8 Å². The van der Waals surface area contributed by atoms with Crippen molar-refractivity contribution in [3.63, 3.8) is 0 Å². The van der Waals surface area contributed by atoms with Gasteiger partial charge in [-0.05, 0) is 61.0 Å². The van der Waals surface area contributed by atoms with Gasteiger partial charge in [-0.1, -0.05) is 56.7 Å². The van der Waals surface area contributed by atoms with Crippen LogP contribution < -0.4 is 5.63 Å². The lowest BCUT2D eigenvalue weighted by atomic mass is 9.83. The van der Waals surface area contributed by atoms with Gasteiger partial charge >= 0.3 is 5.63 Å². The van der Waals surface area contributed by atoms with Gasteiger partial charge in [-0.2, -0.15) is 0 Å². The fourth-order valence-corrected chi connectivity index (χ4v) is 5.63. The first-order chi connectivity index (χ1) is 14.5. The topological polar surface area (TPSA) is 59.7 Å². The highest BCUT2D eigenvalue weighted by atomic mass is 32.2. The molecule has 1 aliphatic carbocycles. The molecule has 4 rings (SSSR count). The maximum atomic E-state index is 12.6. The highest BCUT2D eigenvalue weighted by Crippen LogP contribution is 2.46. The molecule has 1 saturated carbocycles. The third-order valence-corrected chi connectivity index (χ3v) is 7.50. The number of hydrogen-bond donors (Lipinski definition) is 1. The van der Waals surface area contributed by atoms with Gasteiger partial charge in [-0.3, -0.25) is 0 Å². The first-order valence-electron chi connectivity index (χ1n) is 11.2. The van der Waals surface area contributed by atoms with Gasteiger partial charge in [-0.25, -0.2) is 4.79 Å². The molecule has 1 aromatic carbocycles. The Hall–Kier alpha value is -1.72. The quantitative estimate of drug-likeness (QED) is 0.533. The van der Waals surface area contributed by atoms with Crippen LogP contribution in [0.2, 0.25) is 0 Å². The van der Waals surface area contributed by atoms with Crippen LogP contribution in [0.5, 0.6) is 5.75 Å². The largest absolute Gasteiger partial charge is 0.506 e. The highest BCUT2D eigenvalue weighted by molar-refractivity contribution is 7.99. The smallest absolute Gasteiger partial charge is 0.353 e. The standard InChI is InChI=1S/C25H32O4S/c1-16(2)20-7-3-4-8-22(20)30-24-23(26)21(15-29-25(24)27)19(12-17-9-10-17)13-18-6-5-11-28-14-18/h3-4,7-8,15-19,26H,5-6,9-14H2,1-2H3. The second-order valence-corrected chi connectivity index (χ2v) is 10.2. The van der Waals surface area contributed by atoms with Gasteiger partial charge in [-0.15, -0.1) is 0 Å². The van der Waals surface area contributed by atoms with E-state index in [0.29, 0.717) is 16.7 Å². The molecule has 0 amide bonds. The molecular weight excluding hydrogens is 396 g/mol. The molecule has 0 spiro atoms. The summed E-state index contributed by atoms with van der Waals surface area (Å²) in [5, 5.41) is 11.2. The summed E-state index contributed by atoms with van der Waals surface area (Å²) < 4.78 is 11.1. The minimum Gasteiger partial charge on any atom is -0.506 e.